The number of rotatable bonds is 7. The molecule has 1 amide bonds. The van der Waals surface area contributed by atoms with Gasteiger partial charge in [0.05, 0.1) is 11.9 Å². The topological polar surface area (TPSA) is 66.5 Å². The van der Waals surface area contributed by atoms with Crippen molar-refractivity contribution in [1.82, 2.24) is 5.32 Å². The lowest BCUT2D eigenvalue weighted by Gasteiger charge is -2.36. The van der Waals surface area contributed by atoms with Gasteiger partial charge in [0, 0.05) is 10.6 Å². The van der Waals surface area contributed by atoms with Crippen molar-refractivity contribution in [3.05, 3.63) is 29.3 Å². The van der Waals surface area contributed by atoms with Gasteiger partial charge in [-0.3, -0.25) is 9.10 Å². The van der Waals surface area contributed by atoms with Crippen LogP contribution in [-0.2, 0) is 14.8 Å². The lowest BCUT2D eigenvalue weighted by Crippen LogP contribution is -2.55. The van der Waals surface area contributed by atoms with E-state index in [0.717, 1.165) is 12.7 Å². The standard InChI is InChI=1S/C19H31ClN2O3S/c1-8-16(17(23)21-19(5,6)13-18(2,3)4)22(26(7,24)25)15-11-9-14(20)10-12-15/h9-12,16H,8,13H2,1-7H3,(H,21,23)/t16-/m1/s1. The summed E-state index contributed by atoms with van der Waals surface area (Å²) in [5, 5.41) is 3.53. The van der Waals surface area contributed by atoms with Crippen molar-refractivity contribution >= 4 is 33.2 Å². The molecule has 0 saturated carbocycles. The molecule has 148 valence electrons. The number of benzene rings is 1. The first-order valence-corrected chi connectivity index (χ1v) is 11.0. The molecule has 1 aromatic carbocycles. The number of anilines is 1. The number of nitrogens with one attached hydrogen (secondary N) is 1. The SMILES string of the molecule is CC[C@H](C(=O)NC(C)(C)CC(C)(C)C)N(c1ccc(Cl)cc1)S(C)(=O)=O. The highest BCUT2D eigenvalue weighted by Crippen LogP contribution is 2.28. The van der Waals surface area contributed by atoms with Crippen molar-refractivity contribution in [3.63, 3.8) is 0 Å². The molecule has 1 rings (SSSR count). The number of carbonyl (C=O) groups is 1. The number of amides is 1. The zero-order chi connectivity index (χ0) is 20.3. The number of hydrogen-bond acceptors (Lipinski definition) is 3. The lowest BCUT2D eigenvalue weighted by molar-refractivity contribution is -0.124. The maximum atomic E-state index is 13.0. The van der Waals surface area contributed by atoms with Gasteiger partial charge in [-0.05, 0) is 56.4 Å². The molecule has 0 radical (unpaired) electrons. The molecule has 5 nitrogen and oxygen atoms in total. The van der Waals surface area contributed by atoms with Gasteiger partial charge >= 0.3 is 0 Å². The largest absolute Gasteiger partial charge is 0.349 e. The number of carbonyl (C=O) groups excluding carboxylic acids is 1. The van der Waals surface area contributed by atoms with Crippen LogP contribution in [-0.4, -0.2) is 32.2 Å². The van der Waals surface area contributed by atoms with Crippen molar-refractivity contribution in [2.75, 3.05) is 10.6 Å². The Morgan fingerprint density at radius 1 is 1.15 bits per heavy atom. The van der Waals surface area contributed by atoms with Gasteiger partial charge in [-0.2, -0.15) is 0 Å². The van der Waals surface area contributed by atoms with Crippen LogP contribution in [0.2, 0.25) is 5.02 Å². The average molecular weight is 403 g/mol. The van der Waals surface area contributed by atoms with Crippen LogP contribution in [0.4, 0.5) is 5.69 Å². The highest BCUT2D eigenvalue weighted by molar-refractivity contribution is 7.92. The molecule has 7 heteroatoms. The van der Waals surface area contributed by atoms with E-state index in [2.05, 4.69) is 26.1 Å². The molecular weight excluding hydrogens is 372 g/mol. The molecular formula is C19H31ClN2O3S. The van der Waals surface area contributed by atoms with Gasteiger partial charge in [-0.15, -0.1) is 0 Å². The van der Waals surface area contributed by atoms with Gasteiger partial charge in [0.25, 0.3) is 0 Å². The molecule has 26 heavy (non-hydrogen) atoms. The summed E-state index contributed by atoms with van der Waals surface area (Å²) < 4.78 is 26.0. The number of sulfonamides is 1. The minimum Gasteiger partial charge on any atom is -0.349 e. The number of nitrogens with zero attached hydrogens (tertiary/aromatic N) is 1. The van der Waals surface area contributed by atoms with Gasteiger partial charge < -0.3 is 5.32 Å². The number of hydrogen-bond donors (Lipinski definition) is 1. The normalized spacial score (nSPS) is 14.0. The molecule has 0 aromatic heterocycles. The molecule has 0 spiro atoms. The van der Waals surface area contributed by atoms with E-state index in [1.807, 2.05) is 13.8 Å². The van der Waals surface area contributed by atoms with Gasteiger partial charge in [0.2, 0.25) is 15.9 Å². The summed E-state index contributed by atoms with van der Waals surface area (Å²) in [7, 11) is -3.65. The Labute approximate surface area is 163 Å². The Morgan fingerprint density at radius 3 is 2.04 bits per heavy atom. The van der Waals surface area contributed by atoms with Crippen molar-refractivity contribution in [1.29, 1.82) is 0 Å². The Morgan fingerprint density at radius 2 is 1.65 bits per heavy atom. The van der Waals surface area contributed by atoms with Crippen molar-refractivity contribution in [2.24, 2.45) is 5.41 Å². The first kappa shape index (κ1) is 22.8. The summed E-state index contributed by atoms with van der Waals surface area (Å²) in [4.78, 5) is 13.0. The van der Waals surface area contributed by atoms with Gasteiger partial charge in [0.1, 0.15) is 6.04 Å². The van der Waals surface area contributed by atoms with E-state index in [9.17, 15) is 13.2 Å². The van der Waals surface area contributed by atoms with Gasteiger partial charge in [-0.1, -0.05) is 39.3 Å². The average Bonchev–Trinajstić information content (AvgIpc) is 2.41. The van der Waals surface area contributed by atoms with E-state index in [1.165, 1.54) is 4.31 Å². The van der Waals surface area contributed by atoms with E-state index in [-0.39, 0.29) is 11.3 Å². The van der Waals surface area contributed by atoms with Crippen LogP contribution in [0.25, 0.3) is 0 Å². The Balaban J connectivity index is 3.18. The Bertz CT molecular complexity index is 722. The molecule has 0 fully saturated rings. The van der Waals surface area contributed by atoms with Crippen molar-refractivity contribution in [2.45, 2.75) is 66.0 Å². The van der Waals surface area contributed by atoms with Crippen LogP contribution >= 0.6 is 11.6 Å². The highest BCUT2D eigenvalue weighted by Gasteiger charge is 2.35. The maximum Gasteiger partial charge on any atom is 0.244 e. The molecule has 0 bridgehead atoms. The smallest absolute Gasteiger partial charge is 0.244 e. The van der Waals surface area contributed by atoms with Crippen LogP contribution in [0.3, 0.4) is 0 Å². The molecule has 1 N–H and O–H groups in total. The summed E-state index contributed by atoms with van der Waals surface area (Å²) in [6.45, 7) is 12.0. The molecule has 0 unspecified atom stereocenters. The van der Waals surface area contributed by atoms with E-state index < -0.39 is 21.6 Å². The zero-order valence-electron chi connectivity index (χ0n) is 16.8. The molecule has 0 aliphatic carbocycles. The van der Waals surface area contributed by atoms with Crippen LogP contribution in [0.15, 0.2) is 24.3 Å². The molecule has 0 saturated heterocycles. The van der Waals surface area contributed by atoms with E-state index in [1.54, 1.807) is 31.2 Å². The number of halogens is 1. The summed E-state index contributed by atoms with van der Waals surface area (Å²) in [5.41, 5.74) is 0.00411. The molecule has 0 aliphatic rings. The molecule has 1 aromatic rings. The first-order valence-electron chi connectivity index (χ1n) is 8.73. The van der Waals surface area contributed by atoms with Crippen LogP contribution in [0.1, 0.15) is 54.4 Å². The van der Waals surface area contributed by atoms with Crippen LogP contribution < -0.4 is 9.62 Å². The molecule has 0 aliphatic heterocycles. The molecule has 0 heterocycles. The minimum absolute atomic E-state index is 0.0329. The van der Waals surface area contributed by atoms with Crippen LogP contribution in [0, 0.1) is 5.41 Å². The monoisotopic (exact) mass is 402 g/mol. The third-order valence-electron chi connectivity index (χ3n) is 3.84. The second kappa shape index (κ2) is 8.17. The quantitative estimate of drug-likeness (QED) is 0.742. The minimum atomic E-state index is -3.65. The van der Waals surface area contributed by atoms with Gasteiger partial charge in [-0.25, -0.2) is 8.42 Å². The van der Waals surface area contributed by atoms with E-state index >= 15 is 0 Å². The van der Waals surface area contributed by atoms with Crippen molar-refractivity contribution < 1.29 is 13.2 Å². The van der Waals surface area contributed by atoms with E-state index in [4.69, 9.17) is 11.6 Å². The second-order valence-electron chi connectivity index (χ2n) is 8.57. The summed E-state index contributed by atoms with van der Waals surface area (Å²) in [6, 6.07) is 5.62. The van der Waals surface area contributed by atoms with Crippen LogP contribution in [0.5, 0.6) is 0 Å². The fraction of sp³-hybridized carbons (Fsp3) is 0.632. The summed E-state index contributed by atoms with van der Waals surface area (Å²) in [5.74, 6) is -0.304. The van der Waals surface area contributed by atoms with Crippen molar-refractivity contribution in [3.8, 4) is 0 Å². The lowest BCUT2D eigenvalue weighted by atomic mass is 9.81. The predicted molar refractivity (Wildman–Crippen MR) is 109 cm³/mol. The van der Waals surface area contributed by atoms with Gasteiger partial charge in [0.15, 0.2) is 0 Å². The molecule has 1 atom stereocenters. The predicted octanol–water partition coefficient (Wildman–Crippen LogP) is 4.22. The highest BCUT2D eigenvalue weighted by atomic mass is 35.5. The summed E-state index contributed by atoms with van der Waals surface area (Å²) in [6.07, 6.45) is 2.23. The third kappa shape index (κ3) is 6.80. The fourth-order valence-electron chi connectivity index (χ4n) is 3.44. The third-order valence-corrected chi connectivity index (χ3v) is 5.28. The Hall–Kier alpha value is -1.27. The van der Waals surface area contributed by atoms with E-state index in [0.29, 0.717) is 17.1 Å². The first-order chi connectivity index (χ1) is 11.7. The zero-order valence-corrected chi connectivity index (χ0v) is 18.3. The fourth-order valence-corrected chi connectivity index (χ4v) is 4.77. The summed E-state index contributed by atoms with van der Waals surface area (Å²) >= 11 is 5.91. The Kier molecular flexibility index (Phi) is 7.16. The second-order valence-corrected chi connectivity index (χ2v) is 10.9. The maximum absolute atomic E-state index is 13.0.